The monoisotopic (exact) mass is 335 g/mol. The van der Waals surface area contributed by atoms with Crippen molar-refractivity contribution in [2.45, 2.75) is 19.9 Å². The molecular formula is C20H21N3O2. The van der Waals surface area contributed by atoms with E-state index in [2.05, 4.69) is 22.1 Å². The van der Waals surface area contributed by atoms with Gasteiger partial charge in [-0.05, 0) is 18.6 Å². The zero-order chi connectivity index (χ0) is 17.6. The van der Waals surface area contributed by atoms with Gasteiger partial charge in [0.15, 0.2) is 0 Å². The normalized spacial score (nSPS) is 17.6. The van der Waals surface area contributed by atoms with Crippen molar-refractivity contribution in [3.63, 3.8) is 0 Å². The molecule has 0 spiro atoms. The van der Waals surface area contributed by atoms with Crippen LogP contribution in [0, 0.1) is 0 Å². The van der Waals surface area contributed by atoms with Crippen LogP contribution in [0.15, 0.2) is 66.3 Å². The first-order chi connectivity index (χ1) is 12.2. The summed E-state index contributed by atoms with van der Waals surface area (Å²) in [6.45, 7) is 7.26. The van der Waals surface area contributed by atoms with Gasteiger partial charge in [0.2, 0.25) is 0 Å². The molecule has 128 valence electrons. The Morgan fingerprint density at radius 1 is 1.48 bits per heavy atom. The van der Waals surface area contributed by atoms with Gasteiger partial charge < -0.3 is 10.1 Å². The van der Waals surface area contributed by atoms with Gasteiger partial charge in [0, 0.05) is 47.1 Å². The minimum absolute atomic E-state index is 0.652. The van der Waals surface area contributed by atoms with Crippen molar-refractivity contribution in [2.75, 3.05) is 6.61 Å². The average molecular weight is 335 g/mol. The maximum atomic E-state index is 10.9. The summed E-state index contributed by atoms with van der Waals surface area (Å²) < 4.78 is 5.87. The highest BCUT2D eigenvalue weighted by molar-refractivity contribution is 5.78. The highest BCUT2D eigenvalue weighted by atomic mass is 16.5. The average Bonchev–Trinajstić information content (AvgIpc) is 3.33. The molecule has 0 bridgehead atoms. The van der Waals surface area contributed by atoms with E-state index < -0.39 is 0 Å². The smallest absolute Gasteiger partial charge is 0.150 e. The molecule has 0 amide bonds. The second-order valence-corrected chi connectivity index (χ2v) is 5.85. The molecule has 2 heterocycles. The van der Waals surface area contributed by atoms with Gasteiger partial charge in [0.05, 0.1) is 12.8 Å². The summed E-state index contributed by atoms with van der Waals surface area (Å²) in [6.07, 6.45) is 7.10. The van der Waals surface area contributed by atoms with Crippen LogP contribution in [0.4, 0.5) is 0 Å². The molecule has 0 aliphatic carbocycles. The summed E-state index contributed by atoms with van der Waals surface area (Å²) >= 11 is 0. The van der Waals surface area contributed by atoms with Crippen LogP contribution in [0.25, 0.3) is 5.57 Å². The second-order valence-electron chi connectivity index (χ2n) is 5.85. The molecule has 0 saturated carbocycles. The zero-order valence-electron chi connectivity index (χ0n) is 14.2. The van der Waals surface area contributed by atoms with Gasteiger partial charge in [-0.25, -0.2) is 0 Å². The summed E-state index contributed by atoms with van der Waals surface area (Å²) in [5.74, 6) is 0.850. The molecule has 2 aromatic rings. The van der Waals surface area contributed by atoms with Crippen LogP contribution in [0.3, 0.4) is 0 Å². The Morgan fingerprint density at radius 3 is 3.08 bits per heavy atom. The van der Waals surface area contributed by atoms with Crippen LogP contribution in [0.2, 0.25) is 0 Å². The van der Waals surface area contributed by atoms with Crippen molar-refractivity contribution in [1.29, 1.82) is 0 Å². The first-order valence-electron chi connectivity index (χ1n) is 8.19. The van der Waals surface area contributed by atoms with Gasteiger partial charge >= 0.3 is 0 Å². The summed E-state index contributed by atoms with van der Waals surface area (Å²) in [7, 11) is 0. The van der Waals surface area contributed by atoms with Crippen molar-refractivity contribution >= 4 is 11.9 Å². The number of aldehydes is 1. The van der Waals surface area contributed by atoms with E-state index in [-0.39, 0.29) is 0 Å². The number of nitrogens with zero attached hydrogens (tertiary/aromatic N) is 1. The minimum atomic E-state index is 0.652. The van der Waals surface area contributed by atoms with E-state index in [0.29, 0.717) is 18.7 Å². The van der Waals surface area contributed by atoms with Crippen LogP contribution < -0.4 is 5.32 Å². The van der Waals surface area contributed by atoms with E-state index in [1.807, 2.05) is 31.3 Å². The highest BCUT2D eigenvalue weighted by Crippen LogP contribution is 2.33. The molecule has 25 heavy (non-hydrogen) atoms. The number of carbonyl (C=O) groups excluding carboxylic acids is 1. The summed E-state index contributed by atoms with van der Waals surface area (Å²) in [5, 5.41) is 10.3. The van der Waals surface area contributed by atoms with Gasteiger partial charge in [-0.2, -0.15) is 5.10 Å². The largest absolute Gasteiger partial charge is 0.492 e. The Balaban J connectivity index is 1.84. The molecule has 0 radical (unpaired) electrons. The predicted octanol–water partition coefficient (Wildman–Crippen LogP) is 3.60. The summed E-state index contributed by atoms with van der Waals surface area (Å²) in [5.41, 5.74) is 5.84. The lowest BCUT2D eigenvalue weighted by Gasteiger charge is -2.12. The lowest BCUT2D eigenvalue weighted by atomic mass is 10.0. The highest BCUT2D eigenvalue weighted by Gasteiger charge is 2.22. The van der Waals surface area contributed by atoms with Crippen molar-refractivity contribution in [1.82, 2.24) is 15.5 Å². The van der Waals surface area contributed by atoms with E-state index >= 15 is 0 Å². The number of allylic oxidation sites excluding steroid dienone is 4. The Kier molecular flexibility index (Phi) is 5.14. The predicted molar refractivity (Wildman–Crippen MR) is 97.6 cm³/mol. The number of hydrogen-bond donors (Lipinski definition) is 2. The van der Waals surface area contributed by atoms with Crippen molar-refractivity contribution < 1.29 is 9.53 Å². The lowest BCUT2D eigenvalue weighted by Crippen LogP contribution is -2.13. The van der Waals surface area contributed by atoms with E-state index in [1.165, 1.54) is 0 Å². The van der Waals surface area contributed by atoms with Gasteiger partial charge in [-0.15, -0.1) is 0 Å². The molecule has 0 unspecified atom stereocenters. The third-order valence-corrected chi connectivity index (χ3v) is 4.23. The van der Waals surface area contributed by atoms with E-state index in [1.54, 1.807) is 18.3 Å². The van der Waals surface area contributed by atoms with Crippen molar-refractivity contribution in [2.24, 2.45) is 0 Å². The van der Waals surface area contributed by atoms with Gasteiger partial charge in [-0.1, -0.05) is 30.9 Å². The summed E-state index contributed by atoms with van der Waals surface area (Å²) in [6, 6.07) is 7.58. The topological polar surface area (TPSA) is 67.0 Å². The van der Waals surface area contributed by atoms with Gasteiger partial charge in [0.25, 0.3) is 0 Å². The first kappa shape index (κ1) is 16.8. The Labute approximate surface area is 147 Å². The number of nitrogens with one attached hydrogen (secondary N) is 2. The number of aromatic nitrogens is 2. The molecule has 1 aliphatic heterocycles. The fraction of sp³-hybridized carbons (Fsp3) is 0.200. The molecule has 0 atom stereocenters. The van der Waals surface area contributed by atoms with Crippen molar-refractivity contribution in [3.8, 4) is 0 Å². The standard InChI is InChI=1S/C20H21N3O2/c1-3-18(17-11-22-23-12-17)20-19(7-8-25-20)14(2)21-10-15-5-4-6-16(9-15)13-24/h3-6,9,11-13,21H,1,7-8,10H2,2H3,(H,22,23)/b19-14+,20-18-. The molecule has 2 N–H and O–H groups in total. The quantitative estimate of drug-likeness (QED) is 0.792. The lowest BCUT2D eigenvalue weighted by molar-refractivity contribution is 0.112. The Bertz CT molecular complexity index is 832. The molecule has 5 heteroatoms. The summed E-state index contributed by atoms with van der Waals surface area (Å²) in [4.78, 5) is 10.9. The zero-order valence-corrected chi connectivity index (χ0v) is 14.2. The molecule has 1 fully saturated rings. The molecule has 1 aromatic heterocycles. The molecular weight excluding hydrogens is 314 g/mol. The molecule has 1 saturated heterocycles. The number of H-pyrrole nitrogens is 1. The maximum Gasteiger partial charge on any atom is 0.150 e. The molecule has 3 rings (SSSR count). The van der Waals surface area contributed by atoms with E-state index in [4.69, 9.17) is 4.74 Å². The SMILES string of the molecule is C=C/C(=C1/OCC/C1=C(/C)NCc1cccc(C=O)c1)c1cn[nH]c1. The number of ether oxygens (including phenoxy) is 1. The second kappa shape index (κ2) is 7.66. The van der Waals surface area contributed by atoms with Crippen LogP contribution in [-0.4, -0.2) is 23.1 Å². The van der Waals surface area contributed by atoms with Crippen LogP contribution in [0.5, 0.6) is 0 Å². The minimum Gasteiger partial charge on any atom is -0.492 e. The number of rotatable bonds is 6. The molecule has 5 nitrogen and oxygen atoms in total. The van der Waals surface area contributed by atoms with Crippen LogP contribution in [-0.2, 0) is 11.3 Å². The Morgan fingerprint density at radius 2 is 2.36 bits per heavy atom. The van der Waals surface area contributed by atoms with Gasteiger partial charge in [0.1, 0.15) is 12.0 Å². The van der Waals surface area contributed by atoms with E-state index in [9.17, 15) is 4.79 Å². The number of aromatic amines is 1. The maximum absolute atomic E-state index is 10.9. The molecule has 1 aliphatic rings. The first-order valence-corrected chi connectivity index (χ1v) is 8.19. The van der Waals surface area contributed by atoms with Crippen molar-refractivity contribution in [3.05, 3.63) is 83.0 Å². The molecule has 1 aromatic carbocycles. The number of hydrogen-bond acceptors (Lipinski definition) is 4. The Hall–Kier alpha value is -3.08. The number of benzene rings is 1. The van der Waals surface area contributed by atoms with E-state index in [0.717, 1.165) is 46.4 Å². The van der Waals surface area contributed by atoms with Crippen LogP contribution in [0.1, 0.15) is 34.8 Å². The fourth-order valence-electron chi connectivity index (χ4n) is 2.91. The third-order valence-electron chi connectivity index (χ3n) is 4.23. The third kappa shape index (κ3) is 3.71. The van der Waals surface area contributed by atoms with Crippen LogP contribution >= 0.6 is 0 Å². The number of carbonyl (C=O) groups is 1. The van der Waals surface area contributed by atoms with Gasteiger partial charge in [-0.3, -0.25) is 9.89 Å². The fourth-order valence-corrected chi connectivity index (χ4v) is 2.91.